The topological polar surface area (TPSA) is 12.9 Å². The molecule has 0 aliphatic heterocycles. The molecule has 0 spiro atoms. The Kier molecular flexibility index (Phi) is 1.68. The SMILES string of the molecule is Fc1ccc2ncc3ccccc3c2c1. The second kappa shape index (κ2) is 3.02. The highest BCUT2D eigenvalue weighted by atomic mass is 19.1. The Labute approximate surface area is 86.2 Å². The van der Waals surface area contributed by atoms with Crippen LogP contribution in [-0.4, -0.2) is 4.98 Å². The molecule has 1 aromatic heterocycles. The van der Waals surface area contributed by atoms with Gasteiger partial charge >= 0.3 is 0 Å². The minimum Gasteiger partial charge on any atom is -0.256 e. The van der Waals surface area contributed by atoms with E-state index in [1.165, 1.54) is 12.1 Å². The quantitative estimate of drug-likeness (QED) is 0.502. The maximum absolute atomic E-state index is 13.1. The minimum absolute atomic E-state index is 0.222. The number of fused-ring (bicyclic) bond motifs is 3. The fourth-order valence-corrected chi connectivity index (χ4v) is 1.83. The lowest BCUT2D eigenvalue weighted by atomic mass is 10.1. The van der Waals surface area contributed by atoms with Gasteiger partial charge in [-0.2, -0.15) is 0 Å². The van der Waals surface area contributed by atoms with Crippen molar-refractivity contribution in [1.82, 2.24) is 4.98 Å². The van der Waals surface area contributed by atoms with E-state index in [1.807, 2.05) is 30.5 Å². The lowest BCUT2D eigenvalue weighted by Crippen LogP contribution is -1.83. The van der Waals surface area contributed by atoms with Gasteiger partial charge in [0, 0.05) is 17.0 Å². The van der Waals surface area contributed by atoms with Crippen LogP contribution in [0.1, 0.15) is 0 Å². The third kappa shape index (κ3) is 1.26. The van der Waals surface area contributed by atoms with Crippen LogP contribution in [0.15, 0.2) is 48.7 Å². The molecule has 0 unspecified atom stereocenters. The van der Waals surface area contributed by atoms with Crippen molar-refractivity contribution in [2.75, 3.05) is 0 Å². The minimum atomic E-state index is -0.222. The zero-order valence-electron chi connectivity index (χ0n) is 7.94. The van der Waals surface area contributed by atoms with Gasteiger partial charge in [0.05, 0.1) is 5.52 Å². The van der Waals surface area contributed by atoms with E-state index in [1.54, 1.807) is 6.07 Å². The van der Waals surface area contributed by atoms with Crippen LogP contribution in [-0.2, 0) is 0 Å². The predicted molar refractivity (Wildman–Crippen MR) is 59.2 cm³/mol. The molecule has 2 heteroatoms. The standard InChI is InChI=1S/C13H8FN/c14-10-5-6-13-12(7-10)11-4-2-1-3-9(11)8-15-13/h1-8H. The highest BCUT2D eigenvalue weighted by Gasteiger charge is 2.01. The second-order valence-corrected chi connectivity index (χ2v) is 3.51. The van der Waals surface area contributed by atoms with Crippen LogP contribution in [0.5, 0.6) is 0 Å². The molecule has 0 aliphatic rings. The van der Waals surface area contributed by atoms with Gasteiger partial charge in [-0.1, -0.05) is 24.3 Å². The number of halogens is 1. The van der Waals surface area contributed by atoms with Gasteiger partial charge in [-0.05, 0) is 23.6 Å². The molecule has 1 heterocycles. The van der Waals surface area contributed by atoms with Gasteiger partial charge in [0.2, 0.25) is 0 Å². The number of hydrogen-bond acceptors (Lipinski definition) is 1. The molecule has 0 saturated heterocycles. The summed E-state index contributed by atoms with van der Waals surface area (Å²) in [5.41, 5.74) is 0.829. The van der Waals surface area contributed by atoms with Crippen molar-refractivity contribution in [3.63, 3.8) is 0 Å². The van der Waals surface area contributed by atoms with Crippen LogP contribution in [0, 0.1) is 5.82 Å². The third-order valence-corrected chi connectivity index (χ3v) is 2.55. The van der Waals surface area contributed by atoms with Crippen LogP contribution >= 0.6 is 0 Å². The summed E-state index contributed by atoms with van der Waals surface area (Å²) < 4.78 is 13.1. The summed E-state index contributed by atoms with van der Waals surface area (Å²) in [6.07, 6.45) is 1.82. The van der Waals surface area contributed by atoms with Crippen LogP contribution < -0.4 is 0 Å². The van der Waals surface area contributed by atoms with Crippen molar-refractivity contribution in [1.29, 1.82) is 0 Å². The van der Waals surface area contributed by atoms with E-state index in [-0.39, 0.29) is 5.82 Å². The number of nitrogens with zero attached hydrogens (tertiary/aromatic N) is 1. The summed E-state index contributed by atoms with van der Waals surface area (Å²) in [4.78, 5) is 4.28. The van der Waals surface area contributed by atoms with Crippen molar-refractivity contribution in [2.24, 2.45) is 0 Å². The Morgan fingerprint density at radius 3 is 2.73 bits per heavy atom. The largest absolute Gasteiger partial charge is 0.256 e. The van der Waals surface area contributed by atoms with Crippen LogP contribution in [0.2, 0.25) is 0 Å². The van der Waals surface area contributed by atoms with Gasteiger partial charge in [0.25, 0.3) is 0 Å². The zero-order chi connectivity index (χ0) is 10.3. The molecule has 2 aromatic carbocycles. The van der Waals surface area contributed by atoms with E-state index < -0.39 is 0 Å². The van der Waals surface area contributed by atoms with Crippen LogP contribution in [0.25, 0.3) is 21.7 Å². The maximum atomic E-state index is 13.1. The van der Waals surface area contributed by atoms with E-state index in [2.05, 4.69) is 4.98 Å². The molecular weight excluding hydrogens is 189 g/mol. The van der Waals surface area contributed by atoms with Gasteiger partial charge in [-0.25, -0.2) is 4.39 Å². The van der Waals surface area contributed by atoms with Gasteiger partial charge in [0.1, 0.15) is 5.82 Å². The lowest BCUT2D eigenvalue weighted by molar-refractivity contribution is 0.629. The Balaban J connectivity index is 2.57. The van der Waals surface area contributed by atoms with E-state index in [0.717, 1.165) is 21.7 Å². The predicted octanol–water partition coefficient (Wildman–Crippen LogP) is 3.53. The number of benzene rings is 2. The first kappa shape index (κ1) is 8.36. The lowest BCUT2D eigenvalue weighted by Gasteiger charge is -2.02. The number of hydrogen-bond donors (Lipinski definition) is 0. The van der Waals surface area contributed by atoms with Gasteiger partial charge < -0.3 is 0 Å². The Morgan fingerprint density at radius 1 is 0.933 bits per heavy atom. The van der Waals surface area contributed by atoms with E-state index >= 15 is 0 Å². The summed E-state index contributed by atoms with van der Waals surface area (Å²) in [6.45, 7) is 0. The molecule has 0 atom stereocenters. The Bertz CT molecular complexity index is 646. The number of pyridine rings is 1. The van der Waals surface area contributed by atoms with E-state index in [0.29, 0.717) is 0 Å². The van der Waals surface area contributed by atoms with Crippen molar-refractivity contribution in [3.8, 4) is 0 Å². The van der Waals surface area contributed by atoms with Crippen molar-refractivity contribution in [3.05, 3.63) is 54.5 Å². The fraction of sp³-hybridized carbons (Fsp3) is 0. The first-order valence-corrected chi connectivity index (χ1v) is 4.77. The van der Waals surface area contributed by atoms with Crippen molar-refractivity contribution < 1.29 is 4.39 Å². The monoisotopic (exact) mass is 197 g/mol. The molecule has 72 valence electrons. The molecule has 0 amide bonds. The summed E-state index contributed by atoms with van der Waals surface area (Å²) in [5, 5.41) is 2.95. The average Bonchev–Trinajstić information content (AvgIpc) is 2.29. The van der Waals surface area contributed by atoms with Gasteiger partial charge in [-0.3, -0.25) is 4.98 Å². The van der Waals surface area contributed by atoms with E-state index in [9.17, 15) is 4.39 Å². The summed E-state index contributed by atoms with van der Waals surface area (Å²) in [6, 6.07) is 12.5. The van der Waals surface area contributed by atoms with Gasteiger partial charge in [-0.15, -0.1) is 0 Å². The molecule has 0 radical (unpaired) electrons. The Hall–Kier alpha value is -1.96. The Morgan fingerprint density at radius 2 is 1.80 bits per heavy atom. The van der Waals surface area contributed by atoms with Crippen molar-refractivity contribution >= 4 is 21.7 Å². The molecular formula is C13H8FN. The first-order valence-electron chi connectivity index (χ1n) is 4.77. The molecule has 3 rings (SSSR count). The summed E-state index contributed by atoms with van der Waals surface area (Å²) >= 11 is 0. The number of aromatic nitrogens is 1. The smallest absolute Gasteiger partial charge is 0.123 e. The highest BCUT2D eigenvalue weighted by Crippen LogP contribution is 2.23. The second-order valence-electron chi connectivity index (χ2n) is 3.51. The van der Waals surface area contributed by atoms with E-state index in [4.69, 9.17) is 0 Å². The fourth-order valence-electron chi connectivity index (χ4n) is 1.83. The molecule has 0 bridgehead atoms. The van der Waals surface area contributed by atoms with Crippen molar-refractivity contribution in [2.45, 2.75) is 0 Å². The maximum Gasteiger partial charge on any atom is 0.123 e. The summed E-state index contributed by atoms with van der Waals surface area (Å²) in [7, 11) is 0. The molecule has 0 saturated carbocycles. The molecule has 15 heavy (non-hydrogen) atoms. The molecule has 1 nitrogen and oxygen atoms in total. The zero-order valence-corrected chi connectivity index (χ0v) is 7.94. The first-order chi connectivity index (χ1) is 7.34. The van der Waals surface area contributed by atoms with Crippen LogP contribution in [0.3, 0.4) is 0 Å². The molecule has 0 fully saturated rings. The molecule has 3 aromatic rings. The van der Waals surface area contributed by atoms with Gasteiger partial charge in [0.15, 0.2) is 0 Å². The van der Waals surface area contributed by atoms with Crippen LogP contribution in [0.4, 0.5) is 4.39 Å². The molecule has 0 N–H and O–H groups in total. The normalized spacial score (nSPS) is 11.0. The highest BCUT2D eigenvalue weighted by molar-refractivity contribution is 6.05. The average molecular weight is 197 g/mol. The third-order valence-electron chi connectivity index (χ3n) is 2.55. The number of rotatable bonds is 0. The summed E-state index contributed by atoms with van der Waals surface area (Å²) in [5.74, 6) is -0.222. The molecule has 0 aliphatic carbocycles.